The zero-order valence-corrected chi connectivity index (χ0v) is 14.7. The predicted molar refractivity (Wildman–Crippen MR) is 97.4 cm³/mol. The summed E-state index contributed by atoms with van der Waals surface area (Å²) in [5.74, 6) is 1.48. The van der Waals surface area contributed by atoms with Gasteiger partial charge in [-0.2, -0.15) is 0 Å². The van der Waals surface area contributed by atoms with Crippen molar-refractivity contribution in [3.63, 3.8) is 0 Å². The van der Waals surface area contributed by atoms with Gasteiger partial charge in [-0.25, -0.2) is 0 Å². The van der Waals surface area contributed by atoms with Gasteiger partial charge in [0.1, 0.15) is 0 Å². The fraction of sp³-hybridized carbons (Fsp3) is 0.526. The number of nitrogens with one attached hydrogen (secondary N) is 1. The van der Waals surface area contributed by atoms with E-state index in [1.54, 1.807) is 0 Å². The van der Waals surface area contributed by atoms with Gasteiger partial charge in [0.15, 0.2) is 11.5 Å². The standard InChI is InChI=1S/C19H25N3O3/c1-20-12-15-9-14-10-17-18(25-13-24-17)11-16(14)22(19(15)23)8-7-21-5-3-2-4-6-21/h9-11,20H,2-8,12-13H2,1H3. The molecule has 2 aliphatic heterocycles. The maximum atomic E-state index is 13.0. The lowest BCUT2D eigenvalue weighted by Gasteiger charge is -2.27. The highest BCUT2D eigenvalue weighted by Crippen LogP contribution is 2.35. The molecule has 6 nitrogen and oxygen atoms in total. The molecule has 1 aromatic carbocycles. The molecule has 0 bridgehead atoms. The molecule has 4 rings (SSSR count). The van der Waals surface area contributed by atoms with Crippen LogP contribution in [-0.4, -0.2) is 42.9 Å². The Morgan fingerprint density at radius 2 is 1.80 bits per heavy atom. The van der Waals surface area contributed by atoms with Gasteiger partial charge in [-0.1, -0.05) is 6.42 Å². The van der Waals surface area contributed by atoms with Crippen molar-refractivity contribution >= 4 is 10.9 Å². The zero-order chi connectivity index (χ0) is 17.2. The van der Waals surface area contributed by atoms with E-state index in [4.69, 9.17) is 9.47 Å². The van der Waals surface area contributed by atoms with Crippen molar-refractivity contribution in [2.24, 2.45) is 0 Å². The molecule has 2 aromatic rings. The number of pyridine rings is 1. The van der Waals surface area contributed by atoms with Crippen LogP contribution in [0.25, 0.3) is 10.9 Å². The first-order valence-electron chi connectivity index (χ1n) is 9.09. The second kappa shape index (κ2) is 7.06. The maximum Gasteiger partial charge on any atom is 0.255 e. The molecule has 6 heteroatoms. The monoisotopic (exact) mass is 343 g/mol. The summed E-state index contributed by atoms with van der Waals surface area (Å²) in [4.78, 5) is 15.4. The van der Waals surface area contributed by atoms with Crippen molar-refractivity contribution in [3.05, 3.63) is 34.1 Å². The third kappa shape index (κ3) is 3.24. The highest BCUT2D eigenvalue weighted by molar-refractivity contribution is 5.84. The van der Waals surface area contributed by atoms with Crippen LogP contribution in [0.1, 0.15) is 24.8 Å². The summed E-state index contributed by atoms with van der Waals surface area (Å²) in [6, 6.07) is 5.89. The van der Waals surface area contributed by atoms with E-state index in [1.165, 1.54) is 19.3 Å². The Morgan fingerprint density at radius 3 is 2.56 bits per heavy atom. The summed E-state index contributed by atoms with van der Waals surface area (Å²) in [7, 11) is 1.86. The van der Waals surface area contributed by atoms with Crippen LogP contribution in [0.2, 0.25) is 0 Å². The van der Waals surface area contributed by atoms with Gasteiger partial charge in [0.25, 0.3) is 5.56 Å². The number of rotatable bonds is 5. The fourth-order valence-electron chi connectivity index (χ4n) is 3.79. The van der Waals surface area contributed by atoms with Crippen molar-refractivity contribution in [2.75, 3.05) is 33.5 Å². The highest BCUT2D eigenvalue weighted by atomic mass is 16.7. The van der Waals surface area contributed by atoms with E-state index in [1.807, 2.05) is 29.8 Å². The van der Waals surface area contributed by atoms with Crippen molar-refractivity contribution in [3.8, 4) is 11.5 Å². The van der Waals surface area contributed by atoms with Crippen molar-refractivity contribution in [1.82, 2.24) is 14.8 Å². The molecular weight excluding hydrogens is 318 g/mol. The normalized spacial score (nSPS) is 17.3. The maximum absolute atomic E-state index is 13.0. The van der Waals surface area contributed by atoms with Gasteiger partial charge in [0.2, 0.25) is 6.79 Å². The van der Waals surface area contributed by atoms with Crippen molar-refractivity contribution in [2.45, 2.75) is 32.4 Å². The van der Waals surface area contributed by atoms with Crippen LogP contribution in [0.5, 0.6) is 11.5 Å². The molecule has 1 N–H and O–H groups in total. The summed E-state index contributed by atoms with van der Waals surface area (Å²) in [6.07, 6.45) is 3.84. The lowest BCUT2D eigenvalue weighted by molar-refractivity contribution is 0.174. The van der Waals surface area contributed by atoms with Crippen LogP contribution >= 0.6 is 0 Å². The first kappa shape index (κ1) is 16.4. The summed E-state index contributed by atoms with van der Waals surface area (Å²) in [5, 5.41) is 4.12. The number of nitrogens with zero attached hydrogens (tertiary/aromatic N) is 2. The summed E-state index contributed by atoms with van der Waals surface area (Å²) < 4.78 is 12.9. The van der Waals surface area contributed by atoms with E-state index >= 15 is 0 Å². The summed E-state index contributed by atoms with van der Waals surface area (Å²) >= 11 is 0. The molecule has 1 fully saturated rings. The molecule has 0 atom stereocenters. The number of hydrogen-bond donors (Lipinski definition) is 1. The second-order valence-corrected chi connectivity index (χ2v) is 6.82. The van der Waals surface area contributed by atoms with Gasteiger partial charge < -0.3 is 24.3 Å². The number of aromatic nitrogens is 1. The highest BCUT2D eigenvalue weighted by Gasteiger charge is 2.18. The van der Waals surface area contributed by atoms with Gasteiger partial charge in [0.05, 0.1) is 5.52 Å². The average molecular weight is 343 g/mol. The minimum atomic E-state index is 0.0812. The zero-order valence-electron chi connectivity index (χ0n) is 14.7. The topological polar surface area (TPSA) is 55.7 Å². The van der Waals surface area contributed by atoms with Gasteiger partial charge >= 0.3 is 0 Å². The lowest BCUT2D eigenvalue weighted by Crippen LogP contribution is -2.35. The summed E-state index contributed by atoms with van der Waals surface area (Å²) in [5.41, 5.74) is 1.79. The van der Waals surface area contributed by atoms with Crippen LogP contribution in [0.15, 0.2) is 23.0 Å². The molecule has 25 heavy (non-hydrogen) atoms. The molecule has 134 valence electrons. The number of fused-ring (bicyclic) bond motifs is 2. The number of likely N-dealkylation sites (tertiary alicyclic amines) is 1. The smallest absolute Gasteiger partial charge is 0.255 e. The molecule has 3 heterocycles. The third-order valence-electron chi connectivity index (χ3n) is 5.12. The Kier molecular flexibility index (Phi) is 4.63. The Labute approximate surface area is 147 Å². The number of ether oxygens (including phenoxy) is 2. The molecule has 0 radical (unpaired) electrons. The Morgan fingerprint density at radius 1 is 1.04 bits per heavy atom. The van der Waals surface area contributed by atoms with Crippen molar-refractivity contribution < 1.29 is 9.47 Å². The lowest BCUT2D eigenvalue weighted by atomic mass is 10.1. The van der Waals surface area contributed by atoms with Gasteiger partial charge in [0, 0.05) is 36.7 Å². The Balaban J connectivity index is 1.73. The molecule has 1 aromatic heterocycles. The molecule has 0 unspecified atom stereocenters. The summed E-state index contributed by atoms with van der Waals surface area (Å²) in [6.45, 7) is 4.68. The average Bonchev–Trinajstić information content (AvgIpc) is 3.09. The van der Waals surface area contributed by atoms with E-state index in [9.17, 15) is 4.79 Å². The van der Waals surface area contributed by atoms with Crippen LogP contribution < -0.4 is 20.3 Å². The molecular formula is C19H25N3O3. The molecule has 0 saturated carbocycles. The quantitative estimate of drug-likeness (QED) is 0.899. The van der Waals surface area contributed by atoms with Crippen LogP contribution in [0, 0.1) is 0 Å². The Bertz CT molecular complexity index is 825. The second-order valence-electron chi connectivity index (χ2n) is 6.82. The minimum Gasteiger partial charge on any atom is -0.454 e. The molecule has 2 aliphatic rings. The number of benzene rings is 1. The first-order valence-corrected chi connectivity index (χ1v) is 9.09. The molecule has 0 spiro atoms. The number of hydrogen-bond acceptors (Lipinski definition) is 5. The van der Waals surface area contributed by atoms with Crippen LogP contribution in [0.3, 0.4) is 0 Å². The number of piperidine rings is 1. The van der Waals surface area contributed by atoms with Gasteiger partial charge in [-0.3, -0.25) is 4.79 Å². The van der Waals surface area contributed by atoms with E-state index in [2.05, 4.69) is 10.2 Å². The first-order chi connectivity index (χ1) is 12.3. The molecule has 0 amide bonds. The van der Waals surface area contributed by atoms with E-state index < -0.39 is 0 Å². The largest absolute Gasteiger partial charge is 0.454 e. The van der Waals surface area contributed by atoms with Gasteiger partial charge in [-0.15, -0.1) is 0 Å². The Hall–Kier alpha value is -2.05. The molecule has 0 aliphatic carbocycles. The third-order valence-corrected chi connectivity index (χ3v) is 5.12. The van der Waals surface area contributed by atoms with E-state index in [0.717, 1.165) is 47.6 Å². The van der Waals surface area contributed by atoms with E-state index in [-0.39, 0.29) is 12.4 Å². The minimum absolute atomic E-state index is 0.0812. The van der Waals surface area contributed by atoms with Crippen LogP contribution in [0.4, 0.5) is 0 Å². The van der Waals surface area contributed by atoms with Crippen LogP contribution in [-0.2, 0) is 13.1 Å². The van der Waals surface area contributed by atoms with Gasteiger partial charge in [-0.05, 0) is 45.1 Å². The SMILES string of the molecule is CNCc1cc2cc3c(cc2n(CCN2CCCCC2)c1=O)OCO3. The van der Waals surface area contributed by atoms with E-state index in [0.29, 0.717) is 13.1 Å². The predicted octanol–water partition coefficient (Wildman–Crippen LogP) is 1.94. The molecule has 1 saturated heterocycles. The fourth-order valence-corrected chi connectivity index (χ4v) is 3.79. The van der Waals surface area contributed by atoms with Crippen molar-refractivity contribution in [1.29, 1.82) is 0 Å².